The molecule has 0 aromatic heterocycles. The summed E-state index contributed by atoms with van der Waals surface area (Å²) in [4.78, 5) is 25.2. The quantitative estimate of drug-likeness (QED) is 0.770. The van der Waals surface area contributed by atoms with Gasteiger partial charge in [-0.05, 0) is 12.8 Å². The molecule has 108 valence electrons. The molecule has 1 saturated carbocycles. The van der Waals surface area contributed by atoms with Crippen molar-refractivity contribution in [2.24, 2.45) is 5.92 Å². The number of aliphatic hydroxyl groups excluding tert-OH is 1. The number of hydrogen-bond acceptors (Lipinski definition) is 3. The van der Waals surface area contributed by atoms with Gasteiger partial charge in [-0.2, -0.15) is 0 Å². The van der Waals surface area contributed by atoms with Gasteiger partial charge in [0, 0.05) is 44.5 Å². The molecule has 0 aromatic rings. The zero-order valence-electron chi connectivity index (χ0n) is 11.4. The second kappa shape index (κ2) is 6.89. The van der Waals surface area contributed by atoms with Gasteiger partial charge in [-0.1, -0.05) is 19.3 Å². The van der Waals surface area contributed by atoms with E-state index in [4.69, 9.17) is 5.11 Å². The molecule has 2 fully saturated rings. The number of nitrogens with one attached hydrogen (secondary N) is 1. The van der Waals surface area contributed by atoms with Gasteiger partial charge in [0.1, 0.15) is 0 Å². The minimum Gasteiger partial charge on any atom is -0.396 e. The number of likely N-dealkylation sites (tertiary alicyclic amines) is 1. The Balaban J connectivity index is 1.67. The first-order valence-corrected chi connectivity index (χ1v) is 7.37. The summed E-state index contributed by atoms with van der Waals surface area (Å²) in [6.07, 6.45) is 6.64. The van der Waals surface area contributed by atoms with Crippen LogP contribution in [-0.2, 0) is 9.59 Å². The van der Waals surface area contributed by atoms with E-state index in [2.05, 4.69) is 5.32 Å². The molecule has 1 aliphatic carbocycles. The number of hydrogen-bond donors (Lipinski definition) is 2. The van der Waals surface area contributed by atoms with E-state index in [1.807, 2.05) is 0 Å². The van der Waals surface area contributed by atoms with Gasteiger partial charge in [0.25, 0.3) is 0 Å². The Hall–Kier alpha value is -1.10. The fraction of sp³-hybridized carbons (Fsp3) is 0.857. The van der Waals surface area contributed by atoms with Crippen LogP contribution in [-0.4, -0.2) is 47.6 Å². The Bertz CT molecular complexity index is 327. The summed E-state index contributed by atoms with van der Waals surface area (Å²) in [7, 11) is 0. The van der Waals surface area contributed by atoms with Gasteiger partial charge in [0.15, 0.2) is 0 Å². The Labute approximate surface area is 114 Å². The molecule has 0 aromatic carbocycles. The molecule has 1 saturated heterocycles. The minimum atomic E-state index is 0.0483. The number of rotatable bonds is 5. The van der Waals surface area contributed by atoms with Gasteiger partial charge >= 0.3 is 0 Å². The predicted octanol–water partition coefficient (Wildman–Crippen LogP) is 0.666. The van der Waals surface area contributed by atoms with Crippen LogP contribution in [0.25, 0.3) is 0 Å². The largest absolute Gasteiger partial charge is 0.396 e. The molecule has 0 bridgehead atoms. The SMILES string of the molecule is O=C(CCN1CC(CO)CC1=O)NC1CCCCC1. The first-order chi connectivity index (χ1) is 9.19. The monoisotopic (exact) mass is 268 g/mol. The molecule has 2 aliphatic rings. The van der Waals surface area contributed by atoms with E-state index in [9.17, 15) is 9.59 Å². The van der Waals surface area contributed by atoms with Crippen LogP contribution < -0.4 is 5.32 Å². The van der Waals surface area contributed by atoms with E-state index in [-0.39, 0.29) is 24.3 Å². The lowest BCUT2D eigenvalue weighted by atomic mass is 9.95. The smallest absolute Gasteiger partial charge is 0.223 e. The summed E-state index contributed by atoms with van der Waals surface area (Å²) in [5.41, 5.74) is 0. The summed E-state index contributed by atoms with van der Waals surface area (Å²) in [6, 6.07) is 0.334. The molecule has 19 heavy (non-hydrogen) atoms. The van der Waals surface area contributed by atoms with Crippen LogP contribution in [0.5, 0.6) is 0 Å². The van der Waals surface area contributed by atoms with E-state index < -0.39 is 0 Å². The Morgan fingerprint density at radius 3 is 2.68 bits per heavy atom. The molecule has 5 heteroatoms. The number of aliphatic hydroxyl groups is 1. The molecule has 0 radical (unpaired) electrons. The van der Waals surface area contributed by atoms with Gasteiger partial charge in [0.05, 0.1) is 0 Å². The average molecular weight is 268 g/mol. The predicted molar refractivity (Wildman–Crippen MR) is 71.4 cm³/mol. The van der Waals surface area contributed by atoms with Crippen molar-refractivity contribution in [3.63, 3.8) is 0 Å². The zero-order chi connectivity index (χ0) is 13.7. The summed E-state index contributed by atoms with van der Waals surface area (Å²) in [5.74, 6) is 0.158. The first-order valence-electron chi connectivity index (χ1n) is 7.37. The van der Waals surface area contributed by atoms with E-state index in [0.717, 1.165) is 12.8 Å². The molecule has 1 aliphatic heterocycles. The molecular weight excluding hydrogens is 244 g/mol. The molecule has 1 atom stereocenters. The zero-order valence-corrected chi connectivity index (χ0v) is 11.4. The summed E-state index contributed by atoms with van der Waals surface area (Å²) in [5, 5.41) is 12.1. The molecule has 1 heterocycles. The fourth-order valence-corrected chi connectivity index (χ4v) is 2.98. The van der Waals surface area contributed by atoms with Gasteiger partial charge in [-0.3, -0.25) is 9.59 Å². The molecule has 0 spiro atoms. The van der Waals surface area contributed by atoms with Gasteiger partial charge < -0.3 is 15.3 Å². The molecule has 2 N–H and O–H groups in total. The van der Waals surface area contributed by atoms with Crippen molar-refractivity contribution < 1.29 is 14.7 Å². The average Bonchev–Trinajstić information content (AvgIpc) is 2.78. The summed E-state index contributed by atoms with van der Waals surface area (Å²) >= 11 is 0. The van der Waals surface area contributed by atoms with E-state index in [1.54, 1.807) is 4.90 Å². The topological polar surface area (TPSA) is 69.6 Å². The van der Waals surface area contributed by atoms with Crippen molar-refractivity contribution in [3.8, 4) is 0 Å². The number of carbonyl (C=O) groups is 2. The van der Waals surface area contributed by atoms with Crippen LogP contribution >= 0.6 is 0 Å². The standard InChI is InChI=1S/C14H24N2O3/c17-10-11-8-14(19)16(9-11)7-6-13(18)15-12-4-2-1-3-5-12/h11-12,17H,1-10H2,(H,15,18). The van der Waals surface area contributed by atoms with Crippen molar-refractivity contribution in [2.75, 3.05) is 19.7 Å². The lowest BCUT2D eigenvalue weighted by Crippen LogP contribution is -2.38. The van der Waals surface area contributed by atoms with E-state index >= 15 is 0 Å². The maximum absolute atomic E-state index is 11.8. The lowest BCUT2D eigenvalue weighted by molar-refractivity contribution is -0.128. The van der Waals surface area contributed by atoms with Crippen LogP contribution in [0.2, 0.25) is 0 Å². The van der Waals surface area contributed by atoms with E-state index in [0.29, 0.717) is 32.0 Å². The lowest BCUT2D eigenvalue weighted by Gasteiger charge is -2.23. The van der Waals surface area contributed by atoms with Crippen LogP contribution in [0.1, 0.15) is 44.9 Å². The third-order valence-electron chi connectivity index (χ3n) is 4.13. The maximum atomic E-state index is 11.8. The van der Waals surface area contributed by atoms with Crippen LogP contribution in [0.3, 0.4) is 0 Å². The number of amides is 2. The van der Waals surface area contributed by atoms with Crippen molar-refractivity contribution in [2.45, 2.75) is 51.0 Å². The van der Waals surface area contributed by atoms with E-state index in [1.165, 1.54) is 19.3 Å². The fourth-order valence-electron chi connectivity index (χ4n) is 2.98. The molecule has 5 nitrogen and oxygen atoms in total. The third-order valence-corrected chi connectivity index (χ3v) is 4.13. The highest BCUT2D eigenvalue weighted by atomic mass is 16.3. The van der Waals surface area contributed by atoms with Crippen LogP contribution in [0.4, 0.5) is 0 Å². The molecule has 2 rings (SSSR count). The second-order valence-corrected chi connectivity index (χ2v) is 5.74. The first kappa shape index (κ1) is 14.3. The number of nitrogens with zero attached hydrogens (tertiary/aromatic N) is 1. The normalized spacial score (nSPS) is 24.8. The summed E-state index contributed by atoms with van der Waals surface area (Å²) < 4.78 is 0. The molecule has 1 unspecified atom stereocenters. The molecular formula is C14H24N2O3. The van der Waals surface area contributed by atoms with Crippen LogP contribution in [0, 0.1) is 5.92 Å². The summed E-state index contributed by atoms with van der Waals surface area (Å²) in [6.45, 7) is 1.12. The Morgan fingerprint density at radius 2 is 2.05 bits per heavy atom. The molecule has 2 amide bonds. The maximum Gasteiger partial charge on any atom is 0.223 e. The minimum absolute atomic E-state index is 0.0483. The van der Waals surface area contributed by atoms with Crippen molar-refractivity contribution >= 4 is 11.8 Å². The van der Waals surface area contributed by atoms with Crippen molar-refractivity contribution in [1.29, 1.82) is 0 Å². The Kier molecular flexibility index (Phi) is 5.19. The number of carbonyl (C=O) groups excluding carboxylic acids is 2. The van der Waals surface area contributed by atoms with Crippen molar-refractivity contribution in [1.82, 2.24) is 10.2 Å². The van der Waals surface area contributed by atoms with Crippen LogP contribution in [0.15, 0.2) is 0 Å². The second-order valence-electron chi connectivity index (χ2n) is 5.74. The third kappa shape index (κ3) is 4.20. The van der Waals surface area contributed by atoms with Gasteiger partial charge in [-0.25, -0.2) is 0 Å². The van der Waals surface area contributed by atoms with Gasteiger partial charge in [0.2, 0.25) is 11.8 Å². The van der Waals surface area contributed by atoms with Gasteiger partial charge in [-0.15, -0.1) is 0 Å². The highest BCUT2D eigenvalue weighted by Crippen LogP contribution is 2.18. The van der Waals surface area contributed by atoms with Crippen molar-refractivity contribution in [3.05, 3.63) is 0 Å². The highest BCUT2D eigenvalue weighted by molar-refractivity contribution is 5.80. The Morgan fingerprint density at radius 1 is 1.32 bits per heavy atom. The highest BCUT2D eigenvalue weighted by Gasteiger charge is 2.29.